The minimum absolute atomic E-state index is 0.0107. The summed E-state index contributed by atoms with van der Waals surface area (Å²) in [5, 5.41) is 11.4. The highest BCUT2D eigenvalue weighted by atomic mass is 16.5. The van der Waals surface area contributed by atoms with E-state index in [1.54, 1.807) is 25.3 Å². The third-order valence-electron chi connectivity index (χ3n) is 3.80. The molecule has 1 fully saturated rings. The molecule has 0 bridgehead atoms. The maximum absolute atomic E-state index is 12.3. The molecule has 1 atom stereocenters. The molecule has 1 aromatic rings. The Hall–Kier alpha value is -1.47. The van der Waals surface area contributed by atoms with E-state index in [0.29, 0.717) is 18.3 Å². The average Bonchev–Trinajstić information content (AvgIpc) is 2.96. The van der Waals surface area contributed by atoms with Gasteiger partial charge in [0.15, 0.2) is 5.69 Å². The number of carbonyl (C=O) groups excluding carboxylic acids is 1. The molecule has 112 valence electrons. The van der Waals surface area contributed by atoms with E-state index in [2.05, 4.69) is 15.6 Å². The number of hydrogen-bond acceptors (Lipinski definition) is 5. The lowest BCUT2D eigenvalue weighted by atomic mass is 10.1. The predicted octanol–water partition coefficient (Wildman–Crippen LogP) is 0.310. The summed E-state index contributed by atoms with van der Waals surface area (Å²) in [5.41, 5.74) is 0.397. The van der Waals surface area contributed by atoms with Crippen molar-refractivity contribution in [3.63, 3.8) is 0 Å². The number of piperidine rings is 1. The Balaban J connectivity index is 2.02. The molecule has 1 unspecified atom stereocenters. The first kappa shape index (κ1) is 14.9. The smallest absolute Gasteiger partial charge is 0.276 e. The van der Waals surface area contributed by atoms with Crippen LogP contribution in [0.25, 0.3) is 0 Å². The zero-order valence-electron chi connectivity index (χ0n) is 12.4. The lowest BCUT2D eigenvalue weighted by Crippen LogP contribution is -2.38. The highest BCUT2D eigenvalue weighted by molar-refractivity contribution is 5.91. The molecule has 7 nitrogen and oxygen atoms in total. The Morgan fingerprint density at radius 2 is 2.30 bits per heavy atom. The largest absolute Gasteiger partial charge is 0.383 e. The highest BCUT2D eigenvalue weighted by Crippen LogP contribution is 2.17. The summed E-state index contributed by atoms with van der Waals surface area (Å²) in [6, 6.07) is 0.350. The molecule has 0 radical (unpaired) electrons. The van der Waals surface area contributed by atoms with Crippen molar-refractivity contribution in [2.24, 2.45) is 0 Å². The minimum atomic E-state index is -0.116. The first-order valence-electron chi connectivity index (χ1n) is 7.02. The van der Waals surface area contributed by atoms with E-state index in [-0.39, 0.29) is 11.9 Å². The number of aromatic nitrogens is 3. The molecule has 20 heavy (non-hydrogen) atoms. The third kappa shape index (κ3) is 3.34. The van der Waals surface area contributed by atoms with Crippen LogP contribution in [-0.2, 0) is 4.74 Å². The number of amides is 1. The second-order valence-corrected chi connectivity index (χ2v) is 5.29. The third-order valence-corrected chi connectivity index (χ3v) is 3.80. The van der Waals surface area contributed by atoms with Crippen LogP contribution in [0.2, 0.25) is 0 Å². The van der Waals surface area contributed by atoms with Gasteiger partial charge in [-0.15, -0.1) is 5.10 Å². The standard InChI is InChI=1S/C13H23N5O2/c1-10(9-20-3)17(2)13(19)12-8-18(16-15-12)11-4-6-14-7-5-11/h8,10-11,14H,4-7,9H2,1-3H3. The fourth-order valence-electron chi connectivity index (χ4n) is 2.36. The molecule has 1 saturated heterocycles. The number of nitrogens with one attached hydrogen (secondary N) is 1. The summed E-state index contributed by atoms with van der Waals surface area (Å²) >= 11 is 0. The molecule has 2 heterocycles. The normalized spacial score (nSPS) is 17.9. The van der Waals surface area contributed by atoms with Crippen LogP contribution in [0.1, 0.15) is 36.3 Å². The molecule has 2 rings (SSSR count). The van der Waals surface area contributed by atoms with E-state index in [4.69, 9.17) is 4.74 Å². The van der Waals surface area contributed by atoms with Crippen molar-refractivity contribution in [3.05, 3.63) is 11.9 Å². The van der Waals surface area contributed by atoms with E-state index in [1.807, 2.05) is 11.6 Å². The predicted molar refractivity (Wildman–Crippen MR) is 74.6 cm³/mol. The van der Waals surface area contributed by atoms with Crippen LogP contribution in [-0.4, -0.2) is 65.7 Å². The fourth-order valence-corrected chi connectivity index (χ4v) is 2.36. The zero-order valence-corrected chi connectivity index (χ0v) is 12.4. The van der Waals surface area contributed by atoms with Gasteiger partial charge in [0.2, 0.25) is 0 Å². The lowest BCUT2D eigenvalue weighted by Gasteiger charge is -2.23. The fraction of sp³-hybridized carbons (Fsp3) is 0.769. The Bertz CT molecular complexity index is 442. The van der Waals surface area contributed by atoms with Gasteiger partial charge in [0, 0.05) is 14.2 Å². The molecule has 0 aromatic carbocycles. The van der Waals surface area contributed by atoms with E-state index in [9.17, 15) is 4.79 Å². The van der Waals surface area contributed by atoms with E-state index < -0.39 is 0 Å². The van der Waals surface area contributed by atoms with Crippen LogP contribution in [0.15, 0.2) is 6.20 Å². The Kier molecular flexibility index (Phi) is 5.08. The lowest BCUT2D eigenvalue weighted by molar-refractivity contribution is 0.0628. The van der Waals surface area contributed by atoms with Crippen molar-refractivity contribution in [2.45, 2.75) is 31.8 Å². The Labute approximate surface area is 119 Å². The summed E-state index contributed by atoms with van der Waals surface area (Å²) in [4.78, 5) is 13.9. The van der Waals surface area contributed by atoms with Gasteiger partial charge in [-0.3, -0.25) is 4.79 Å². The number of likely N-dealkylation sites (N-methyl/N-ethyl adjacent to an activating group) is 1. The molecule has 1 aliphatic heterocycles. The van der Waals surface area contributed by atoms with Gasteiger partial charge in [-0.2, -0.15) is 0 Å². The molecule has 1 N–H and O–H groups in total. The molecular formula is C13H23N5O2. The van der Waals surface area contributed by atoms with Crippen LogP contribution in [0.5, 0.6) is 0 Å². The molecule has 1 aliphatic rings. The van der Waals surface area contributed by atoms with Crippen LogP contribution in [0.4, 0.5) is 0 Å². The molecule has 1 aromatic heterocycles. The van der Waals surface area contributed by atoms with Gasteiger partial charge in [0.05, 0.1) is 24.9 Å². The first-order chi connectivity index (χ1) is 9.63. The van der Waals surface area contributed by atoms with Crippen molar-refractivity contribution >= 4 is 5.91 Å². The molecular weight excluding hydrogens is 258 g/mol. The second-order valence-electron chi connectivity index (χ2n) is 5.29. The average molecular weight is 281 g/mol. The van der Waals surface area contributed by atoms with Crippen LogP contribution >= 0.6 is 0 Å². The molecule has 0 saturated carbocycles. The van der Waals surface area contributed by atoms with Crippen LogP contribution in [0, 0.1) is 0 Å². The van der Waals surface area contributed by atoms with Crippen molar-refractivity contribution in [1.82, 2.24) is 25.2 Å². The van der Waals surface area contributed by atoms with Crippen molar-refractivity contribution in [1.29, 1.82) is 0 Å². The van der Waals surface area contributed by atoms with Gasteiger partial charge in [0.25, 0.3) is 5.91 Å². The number of nitrogens with zero attached hydrogens (tertiary/aromatic N) is 4. The monoisotopic (exact) mass is 281 g/mol. The van der Waals surface area contributed by atoms with Gasteiger partial charge < -0.3 is 15.0 Å². The number of carbonyl (C=O) groups is 1. The minimum Gasteiger partial charge on any atom is -0.383 e. The summed E-state index contributed by atoms with van der Waals surface area (Å²) in [6.45, 7) is 4.42. The first-order valence-corrected chi connectivity index (χ1v) is 7.02. The second kappa shape index (κ2) is 6.81. The number of rotatable bonds is 5. The van der Waals surface area contributed by atoms with E-state index >= 15 is 0 Å². The SMILES string of the molecule is COCC(C)N(C)C(=O)c1cn(C2CCNCC2)nn1. The molecule has 1 amide bonds. The maximum Gasteiger partial charge on any atom is 0.276 e. The van der Waals surface area contributed by atoms with Crippen LogP contribution in [0.3, 0.4) is 0 Å². The highest BCUT2D eigenvalue weighted by Gasteiger charge is 2.22. The van der Waals surface area contributed by atoms with Gasteiger partial charge in [-0.1, -0.05) is 5.21 Å². The Morgan fingerprint density at radius 3 is 2.95 bits per heavy atom. The molecule has 7 heteroatoms. The Morgan fingerprint density at radius 1 is 1.60 bits per heavy atom. The summed E-state index contributed by atoms with van der Waals surface area (Å²) in [6.07, 6.45) is 3.80. The van der Waals surface area contributed by atoms with Crippen molar-refractivity contribution in [2.75, 3.05) is 33.9 Å². The van der Waals surface area contributed by atoms with E-state index in [1.165, 1.54) is 0 Å². The summed E-state index contributed by atoms with van der Waals surface area (Å²) in [7, 11) is 3.39. The summed E-state index contributed by atoms with van der Waals surface area (Å²) < 4.78 is 6.89. The number of ether oxygens (including phenoxy) is 1. The summed E-state index contributed by atoms with van der Waals surface area (Å²) in [5.74, 6) is -0.116. The van der Waals surface area contributed by atoms with Gasteiger partial charge >= 0.3 is 0 Å². The van der Waals surface area contributed by atoms with Gasteiger partial charge in [-0.05, 0) is 32.9 Å². The quantitative estimate of drug-likeness (QED) is 0.841. The molecule has 0 aliphatic carbocycles. The number of hydrogen-bond donors (Lipinski definition) is 1. The zero-order chi connectivity index (χ0) is 14.5. The maximum atomic E-state index is 12.3. The van der Waals surface area contributed by atoms with Gasteiger partial charge in [-0.25, -0.2) is 4.68 Å². The van der Waals surface area contributed by atoms with Crippen molar-refractivity contribution < 1.29 is 9.53 Å². The van der Waals surface area contributed by atoms with Gasteiger partial charge in [0.1, 0.15) is 0 Å². The topological polar surface area (TPSA) is 72.3 Å². The molecule has 0 spiro atoms. The van der Waals surface area contributed by atoms with E-state index in [0.717, 1.165) is 25.9 Å². The number of methoxy groups -OCH3 is 1. The van der Waals surface area contributed by atoms with Crippen molar-refractivity contribution in [3.8, 4) is 0 Å². The van der Waals surface area contributed by atoms with Crippen LogP contribution < -0.4 is 5.32 Å².